The van der Waals surface area contributed by atoms with E-state index in [1.165, 1.54) is 0 Å². The summed E-state index contributed by atoms with van der Waals surface area (Å²) in [6.45, 7) is 2.04. The number of furan rings is 1. The lowest BCUT2D eigenvalue weighted by molar-refractivity contribution is 0.0942. The lowest BCUT2D eigenvalue weighted by atomic mass is 9.98. The second-order valence-electron chi connectivity index (χ2n) is 8.95. The number of nitrogens with one attached hydrogen (secondary N) is 1. The number of hydrogen-bond acceptors (Lipinski definition) is 6. The van der Waals surface area contributed by atoms with E-state index in [1.54, 1.807) is 41.8 Å². The molecule has 1 unspecified atom stereocenters. The highest BCUT2D eigenvalue weighted by atomic mass is 16.3. The lowest BCUT2D eigenvalue weighted by Gasteiger charge is -2.20. The SMILES string of the molecule is Cc1ccc(C(NC(=O)c2cnn(-c3nccc(-c4ccco4)n3)c2C2CC2)c2ccncc2)cc1. The minimum absolute atomic E-state index is 0.187. The Morgan fingerprint density at radius 2 is 1.81 bits per heavy atom. The molecular formula is C28H24N6O2. The fourth-order valence-electron chi connectivity index (χ4n) is 4.34. The Morgan fingerprint density at radius 3 is 2.53 bits per heavy atom. The minimum Gasteiger partial charge on any atom is -0.463 e. The first-order chi connectivity index (χ1) is 17.7. The van der Waals surface area contributed by atoms with E-state index in [2.05, 4.69) is 25.4 Å². The van der Waals surface area contributed by atoms with Gasteiger partial charge in [-0.1, -0.05) is 29.8 Å². The van der Waals surface area contributed by atoms with Crippen molar-refractivity contribution >= 4 is 5.91 Å². The summed E-state index contributed by atoms with van der Waals surface area (Å²) in [4.78, 5) is 26.9. The number of nitrogens with zero attached hydrogens (tertiary/aromatic N) is 5. The molecule has 1 fully saturated rings. The molecule has 8 nitrogen and oxygen atoms in total. The van der Waals surface area contributed by atoms with Crippen LogP contribution in [0, 0.1) is 6.92 Å². The molecule has 4 heterocycles. The van der Waals surface area contributed by atoms with Crippen molar-refractivity contribution in [3.05, 3.63) is 114 Å². The molecule has 1 aliphatic carbocycles. The third-order valence-electron chi connectivity index (χ3n) is 6.35. The third-order valence-corrected chi connectivity index (χ3v) is 6.35. The molecule has 0 bridgehead atoms. The van der Waals surface area contributed by atoms with Gasteiger partial charge in [0.15, 0.2) is 5.76 Å². The molecule has 0 spiro atoms. The summed E-state index contributed by atoms with van der Waals surface area (Å²) in [7, 11) is 0. The number of hydrogen-bond donors (Lipinski definition) is 1. The van der Waals surface area contributed by atoms with Crippen molar-refractivity contribution in [2.24, 2.45) is 0 Å². The van der Waals surface area contributed by atoms with Crippen molar-refractivity contribution < 1.29 is 9.21 Å². The monoisotopic (exact) mass is 476 g/mol. The van der Waals surface area contributed by atoms with Gasteiger partial charge in [-0.05, 0) is 61.2 Å². The zero-order chi connectivity index (χ0) is 24.5. The highest BCUT2D eigenvalue weighted by Gasteiger charge is 2.34. The van der Waals surface area contributed by atoms with Crippen LogP contribution in [0.3, 0.4) is 0 Å². The predicted octanol–water partition coefficient (Wildman–Crippen LogP) is 5.02. The van der Waals surface area contributed by atoms with Crippen LogP contribution in [0.15, 0.2) is 90.1 Å². The molecule has 0 saturated heterocycles. The summed E-state index contributed by atoms with van der Waals surface area (Å²) in [5.74, 6) is 1.11. The van der Waals surface area contributed by atoms with Gasteiger partial charge in [0.05, 0.1) is 29.8 Å². The quantitative estimate of drug-likeness (QED) is 0.354. The molecule has 1 amide bonds. The van der Waals surface area contributed by atoms with E-state index in [0.717, 1.165) is 35.2 Å². The first-order valence-electron chi connectivity index (χ1n) is 11.9. The highest BCUT2D eigenvalue weighted by Crippen LogP contribution is 2.42. The second-order valence-corrected chi connectivity index (χ2v) is 8.95. The first kappa shape index (κ1) is 21.9. The molecule has 1 saturated carbocycles. The van der Waals surface area contributed by atoms with Crippen molar-refractivity contribution in [2.75, 3.05) is 0 Å². The number of rotatable bonds is 7. The summed E-state index contributed by atoms with van der Waals surface area (Å²) in [5.41, 5.74) is 5.14. The van der Waals surface area contributed by atoms with E-state index in [9.17, 15) is 4.79 Å². The molecule has 4 aromatic heterocycles. The van der Waals surface area contributed by atoms with Gasteiger partial charge in [-0.3, -0.25) is 9.78 Å². The van der Waals surface area contributed by atoms with Gasteiger partial charge >= 0.3 is 0 Å². The second kappa shape index (κ2) is 9.22. The predicted molar refractivity (Wildman–Crippen MR) is 134 cm³/mol. The molecule has 5 aromatic rings. The Bertz CT molecular complexity index is 1490. The zero-order valence-electron chi connectivity index (χ0n) is 19.7. The van der Waals surface area contributed by atoms with Crippen LogP contribution in [0.5, 0.6) is 0 Å². The normalized spacial score (nSPS) is 13.9. The van der Waals surface area contributed by atoms with Gasteiger partial charge in [-0.2, -0.15) is 5.10 Å². The van der Waals surface area contributed by atoms with Gasteiger partial charge in [0.1, 0.15) is 5.69 Å². The molecule has 36 heavy (non-hydrogen) atoms. The van der Waals surface area contributed by atoms with E-state index >= 15 is 0 Å². The van der Waals surface area contributed by atoms with Gasteiger partial charge in [-0.15, -0.1) is 0 Å². The summed E-state index contributed by atoms with van der Waals surface area (Å²) in [6.07, 6.45) is 10.4. The lowest BCUT2D eigenvalue weighted by Crippen LogP contribution is -2.30. The van der Waals surface area contributed by atoms with E-state index in [0.29, 0.717) is 23.0 Å². The first-order valence-corrected chi connectivity index (χ1v) is 11.9. The van der Waals surface area contributed by atoms with Crippen molar-refractivity contribution in [1.82, 2.24) is 30.0 Å². The summed E-state index contributed by atoms with van der Waals surface area (Å²) in [6, 6.07) is 17.1. The van der Waals surface area contributed by atoms with Crippen molar-refractivity contribution in [3.8, 4) is 17.4 Å². The number of benzene rings is 1. The Morgan fingerprint density at radius 1 is 1.03 bits per heavy atom. The van der Waals surface area contributed by atoms with E-state index in [1.807, 2.05) is 55.5 Å². The van der Waals surface area contributed by atoms with Gasteiger partial charge in [0, 0.05) is 24.5 Å². The summed E-state index contributed by atoms with van der Waals surface area (Å²) in [5, 5.41) is 7.78. The van der Waals surface area contributed by atoms with Crippen molar-refractivity contribution in [2.45, 2.75) is 31.7 Å². The molecule has 6 rings (SSSR count). The summed E-state index contributed by atoms with van der Waals surface area (Å²) < 4.78 is 7.18. The van der Waals surface area contributed by atoms with Crippen molar-refractivity contribution in [1.29, 1.82) is 0 Å². The molecule has 1 N–H and O–H groups in total. The third kappa shape index (κ3) is 4.29. The average molecular weight is 477 g/mol. The van der Waals surface area contributed by atoms with Crippen LogP contribution in [0.2, 0.25) is 0 Å². The van der Waals surface area contributed by atoms with E-state index in [-0.39, 0.29) is 17.9 Å². The fraction of sp³-hybridized carbons (Fsp3) is 0.179. The molecular weight excluding hydrogens is 452 g/mol. The highest BCUT2D eigenvalue weighted by molar-refractivity contribution is 5.96. The Labute approximate surface area is 208 Å². The maximum absolute atomic E-state index is 13.7. The topological polar surface area (TPSA) is 98.7 Å². The standard InChI is InChI=1S/C28H24N6O2/c1-18-4-6-19(7-5-18)25(20-10-13-29-14-11-20)33-27(35)22-17-31-34(26(22)21-8-9-21)28-30-15-12-23(32-28)24-3-2-16-36-24/h2-7,10-17,21,25H,8-9H2,1H3,(H,33,35). The number of aryl methyl sites for hydroxylation is 1. The van der Waals surface area contributed by atoms with Crippen LogP contribution in [-0.2, 0) is 0 Å². The van der Waals surface area contributed by atoms with Gasteiger partial charge < -0.3 is 9.73 Å². The molecule has 0 radical (unpaired) electrons. The average Bonchev–Trinajstić information content (AvgIpc) is 3.41. The molecule has 178 valence electrons. The largest absolute Gasteiger partial charge is 0.463 e. The van der Waals surface area contributed by atoms with Crippen LogP contribution < -0.4 is 5.32 Å². The maximum Gasteiger partial charge on any atom is 0.255 e. The molecule has 8 heteroatoms. The van der Waals surface area contributed by atoms with E-state index in [4.69, 9.17) is 4.42 Å². The number of carbonyl (C=O) groups is 1. The van der Waals surface area contributed by atoms with Crippen LogP contribution in [0.1, 0.15) is 57.5 Å². The van der Waals surface area contributed by atoms with Gasteiger partial charge in [0.2, 0.25) is 0 Å². The van der Waals surface area contributed by atoms with Crippen LogP contribution in [-0.4, -0.2) is 30.6 Å². The Balaban J connectivity index is 1.35. The van der Waals surface area contributed by atoms with Gasteiger partial charge in [0.25, 0.3) is 11.9 Å². The molecule has 0 aliphatic heterocycles. The zero-order valence-corrected chi connectivity index (χ0v) is 19.7. The van der Waals surface area contributed by atoms with Crippen molar-refractivity contribution in [3.63, 3.8) is 0 Å². The summed E-state index contributed by atoms with van der Waals surface area (Å²) >= 11 is 0. The number of pyridine rings is 1. The molecule has 1 atom stereocenters. The van der Waals surface area contributed by atoms with E-state index < -0.39 is 0 Å². The number of amides is 1. The minimum atomic E-state index is -0.324. The number of carbonyl (C=O) groups excluding carboxylic acids is 1. The fourth-order valence-corrected chi connectivity index (χ4v) is 4.34. The van der Waals surface area contributed by atoms with Gasteiger partial charge in [-0.25, -0.2) is 14.6 Å². The molecule has 1 aromatic carbocycles. The smallest absolute Gasteiger partial charge is 0.255 e. The van der Waals surface area contributed by atoms with Crippen LogP contribution >= 0.6 is 0 Å². The van der Waals surface area contributed by atoms with Crippen LogP contribution in [0.4, 0.5) is 0 Å². The molecule has 1 aliphatic rings. The number of aromatic nitrogens is 5. The Hall–Kier alpha value is -4.59. The van der Waals surface area contributed by atoms with Crippen LogP contribution in [0.25, 0.3) is 17.4 Å². The Kier molecular flexibility index (Phi) is 5.61. The maximum atomic E-state index is 13.7.